The van der Waals surface area contributed by atoms with Gasteiger partial charge in [0.25, 0.3) is 0 Å². The molecule has 2 rings (SSSR count). The average Bonchev–Trinajstić information content (AvgIpc) is 2.47. The second-order valence-electron chi connectivity index (χ2n) is 4.61. The monoisotopic (exact) mass is 297 g/mol. The van der Waals surface area contributed by atoms with Gasteiger partial charge in [-0.1, -0.05) is 17.7 Å². The van der Waals surface area contributed by atoms with Crippen molar-refractivity contribution < 1.29 is 9.53 Å². The highest BCUT2D eigenvalue weighted by atomic mass is 35.5. The Morgan fingerprint density at radius 1 is 1.35 bits per heavy atom. The van der Waals surface area contributed by atoms with E-state index in [1.54, 1.807) is 4.90 Å². The first-order valence-electron chi connectivity index (χ1n) is 6.81. The first-order chi connectivity index (χ1) is 9.67. The van der Waals surface area contributed by atoms with Gasteiger partial charge in [0.1, 0.15) is 0 Å². The van der Waals surface area contributed by atoms with Gasteiger partial charge in [0.2, 0.25) is 0 Å². The summed E-state index contributed by atoms with van der Waals surface area (Å²) in [6.45, 7) is 5.44. The predicted octanol–water partition coefficient (Wildman–Crippen LogP) is 2.08. The molecule has 1 aromatic rings. The number of nitrogens with two attached hydrogens (primary N) is 1. The molecule has 0 atom stereocenters. The van der Waals surface area contributed by atoms with Gasteiger partial charge < -0.3 is 20.3 Å². The number of hydrogen-bond donors (Lipinski definition) is 1. The molecule has 0 spiro atoms. The number of nitrogens with zero attached hydrogens (tertiary/aromatic N) is 2. The van der Waals surface area contributed by atoms with Crippen LogP contribution in [0.2, 0.25) is 5.02 Å². The van der Waals surface area contributed by atoms with Crippen LogP contribution in [0.3, 0.4) is 0 Å². The molecule has 1 heterocycles. The molecule has 0 bridgehead atoms. The van der Waals surface area contributed by atoms with Gasteiger partial charge in [-0.05, 0) is 19.1 Å². The van der Waals surface area contributed by atoms with Crippen LogP contribution in [-0.2, 0) is 11.3 Å². The molecular weight excluding hydrogens is 278 g/mol. The Morgan fingerprint density at radius 3 is 2.65 bits per heavy atom. The van der Waals surface area contributed by atoms with Gasteiger partial charge in [-0.2, -0.15) is 0 Å². The zero-order valence-corrected chi connectivity index (χ0v) is 12.4. The lowest BCUT2D eigenvalue weighted by atomic mass is 10.1. The summed E-state index contributed by atoms with van der Waals surface area (Å²) in [5.41, 5.74) is 7.79. The third-order valence-electron chi connectivity index (χ3n) is 3.44. The summed E-state index contributed by atoms with van der Waals surface area (Å²) >= 11 is 6.18. The lowest BCUT2D eigenvalue weighted by Crippen LogP contribution is -2.49. The van der Waals surface area contributed by atoms with Gasteiger partial charge in [-0.3, -0.25) is 0 Å². The molecular formula is C14H20ClN3O2. The maximum absolute atomic E-state index is 11.7. The molecule has 1 saturated heterocycles. The van der Waals surface area contributed by atoms with Crippen molar-refractivity contribution in [2.24, 2.45) is 5.73 Å². The van der Waals surface area contributed by atoms with Gasteiger partial charge in [0.05, 0.1) is 6.61 Å². The Morgan fingerprint density at radius 2 is 2.05 bits per heavy atom. The zero-order chi connectivity index (χ0) is 14.5. The molecule has 1 amide bonds. The summed E-state index contributed by atoms with van der Waals surface area (Å²) in [5, 5.41) is 0.692. The third-order valence-corrected chi connectivity index (χ3v) is 3.80. The molecule has 0 aromatic heterocycles. The van der Waals surface area contributed by atoms with Crippen LogP contribution in [-0.4, -0.2) is 43.8 Å². The molecule has 1 aliphatic rings. The Bertz CT molecular complexity index is 473. The number of hydrogen-bond acceptors (Lipinski definition) is 4. The summed E-state index contributed by atoms with van der Waals surface area (Å²) in [7, 11) is 0. The lowest BCUT2D eigenvalue weighted by molar-refractivity contribution is 0.105. The van der Waals surface area contributed by atoms with Gasteiger partial charge in [-0.25, -0.2) is 4.79 Å². The predicted molar refractivity (Wildman–Crippen MR) is 80.2 cm³/mol. The van der Waals surface area contributed by atoms with E-state index < -0.39 is 0 Å². The second-order valence-corrected chi connectivity index (χ2v) is 5.02. The van der Waals surface area contributed by atoms with Crippen molar-refractivity contribution in [2.75, 3.05) is 37.7 Å². The topological polar surface area (TPSA) is 58.8 Å². The molecule has 0 aliphatic carbocycles. The van der Waals surface area contributed by atoms with E-state index in [9.17, 15) is 4.79 Å². The molecule has 110 valence electrons. The van der Waals surface area contributed by atoms with Crippen LogP contribution >= 0.6 is 11.6 Å². The normalized spacial score (nSPS) is 15.3. The van der Waals surface area contributed by atoms with Gasteiger partial charge in [-0.15, -0.1) is 0 Å². The van der Waals surface area contributed by atoms with Crippen LogP contribution in [0.4, 0.5) is 10.5 Å². The van der Waals surface area contributed by atoms with E-state index >= 15 is 0 Å². The van der Waals surface area contributed by atoms with Crippen molar-refractivity contribution >= 4 is 23.4 Å². The number of halogens is 1. The summed E-state index contributed by atoms with van der Waals surface area (Å²) in [5.74, 6) is 0. The fourth-order valence-electron chi connectivity index (χ4n) is 2.39. The van der Waals surface area contributed by atoms with Crippen LogP contribution in [0.15, 0.2) is 18.2 Å². The highest BCUT2D eigenvalue weighted by molar-refractivity contribution is 6.31. The van der Waals surface area contributed by atoms with Crippen LogP contribution in [0, 0.1) is 0 Å². The van der Waals surface area contributed by atoms with Crippen LogP contribution in [0.1, 0.15) is 12.5 Å². The number of benzene rings is 1. The minimum Gasteiger partial charge on any atom is -0.450 e. The Labute approximate surface area is 124 Å². The van der Waals surface area contributed by atoms with Crippen LogP contribution in [0.25, 0.3) is 0 Å². The molecule has 0 saturated carbocycles. The highest BCUT2D eigenvalue weighted by Crippen LogP contribution is 2.27. The summed E-state index contributed by atoms with van der Waals surface area (Å²) in [6, 6.07) is 5.80. The van der Waals surface area contributed by atoms with Gasteiger partial charge in [0.15, 0.2) is 0 Å². The third kappa shape index (κ3) is 3.16. The van der Waals surface area contributed by atoms with Gasteiger partial charge in [0, 0.05) is 49.0 Å². The molecule has 5 nitrogen and oxygen atoms in total. The first-order valence-corrected chi connectivity index (χ1v) is 7.19. The molecule has 0 unspecified atom stereocenters. The van der Waals surface area contributed by atoms with E-state index in [-0.39, 0.29) is 6.09 Å². The molecule has 1 aromatic carbocycles. The lowest BCUT2D eigenvalue weighted by Gasteiger charge is -2.36. The quantitative estimate of drug-likeness (QED) is 0.928. The van der Waals surface area contributed by atoms with Crippen molar-refractivity contribution in [3.05, 3.63) is 28.8 Å². The molecule has 6 heteroatoms. The highest BCUT2D eigenvalue weighted by Gasteiger charge is 2.23. The maximum atomic E-state index is 11.7. The molecule has 0 radical (unpaired) electrons. The summed E-state index contributed by atoms with van der Waals surface area (Å²) in [4.78, 5) is 15.6. The van der Waals surface area contributed by atoms with E-state index in [0.29, 0.717) is 31.3 Å². The number of carbonyl (C=O) groups is 1. The maximum Gasteiger partial charge on any atom is 0.409 e. The fraction of sp³-hybridized carbons (Fsp3) is 0.500. The number of anilines is 1. The summed E-state index contributed by atoms with van der Waals surface area (Å²) in [6.07, 6.45) is -0.239. The number of ether oxygens (including phenoxy) is 1. The van der Waals surface area contributed by atoms with Gasteiger partial charge >= 0.3 is 6.09 Å². The minimum atomic E-state index is -0.239. The van der Waals surface area contributed by atoms with Crippen molar-refractivity contribution in [1.82, 2.24) is 4.90 Å². The Hall–Kier alpha value is -1.46. The molecule has 1 fully saturated rings. The SMILES string of the molecule is CCOC(=O)N1CCN(c2cccc(Cl)c2CN)CC1. The number of rotatable bonds is 3. The minimum absolute atomic E-state index is 0.239. The Balaban J connectivity index is 2.04. The molecule has 2 N–H and O–H groups in total. The van der Waals surface area contributed by atoms with Crippen molar-refractivity contribution in [2.45, 2.75) is 13.5 Å². The summed E-state index contributed by atoms with van der Waals surface area (Å²) < 4.78 is 5.01. The van der Waals surface area contributed by atoms with E-state index in [0.717, 1.165) is 24.3 Å². The van der Waals surface area contributed by atoms with E-state index in [1.165, 1.54) is 0 Å². The molecule has 20 heavy (non-hydrogen) atoms. The number of carbonyl (C=O) groups excluding carboxylic acids is 1. The zero-order valence-electron chi connectivity index (χ0n) is 11.6. The van der Waals surface area contributed by atoms with E-state index in [1.807, 2.05) is 25.1 Å². The van der Waals surface area contributed by atoms with Crippen LogP contribution in [0.5, 0.6) is 0 Å². The van der Waals surface area contributed by atoms with Crippen molar-refractivity contribution in [3.8, 4) is 0 Å². The van der Waals surface area contributed by atoms with Crippen molar-refractivity contribution in [1.29, 1.82) is 0 Å². The standard InChI is InChI=1S/C14H20ClN3O2/c1-2-20-14(19)18-8-6-17(7-9-18)13-5-3-4-12(15)11(13)10-16/h3-5H,2,6-10,16H2,1H3. The largest absolute Gasteiger partial charge is 0.450 e. The van der Waals surface area contributed by atoms with E-state index in [2.05, 4.69) is 4.90 Å². The van der Waals surface area contributed by atoms with E-state index in [4.69, 9.17) is 22.1 Å². The fourth-order valence-corrected chi connectivity index (χ4v) is 2.64. The number of piperazine rings is 1. The Kier molecular flexibility index (Phi) is 5.09. The average molecular weight is 298 g/mol. The number of amides is 1. The van der Waals surface area contributed by atoms with Crippen molar-refractivity contribution in [3.63, 3.8) is 0 Å². The smallest absolute Gasteiger partial charge is 0.409 e. The molecule has 1 aliphatic heterocycles. The second kappa shape index (κ2) is 6.81. The first kappa shape index (κ1) is 14.9. The van der Waals surface area contributed by atoms with Crippen LogP contribution < -0.4 is 10.6 Å².